The Labute approximate surface area is 93.9 Å². The monoisotopic (exact) mass is 249 g/mol. The number of hydrogen-bond acceptors (Lipinski definition) is 4. The highest BCUT2D eigenvalue weighted by atomic mass is 32.2. The fraction of sp³-hybridized carbons (Fsp3) is 0.778. The molecule has 0 radical (unpaired) electrons. The van der Waals surface area contributed by atoms with Crippen LogP contribution >= 0.6 is 0 Å². The van der Waals surface area contributed by atoms with Crippen LogP contribution in [0, 0.1) is 5.92 Å². The van der Waals surface area contributed by atoms with Crippen LogP contribution in [-0.2, 0) is 19.4 Å². The van der Waals surface area contributed by atoms with Gasteiger partial charge >= 0.3 is 5.97 Å². The quantitative estimate of drug-likeness (QED) is 0.693. The predicted octanol–water partition coefficient (Wildman–Crippen LogP) is -0.599. The van der Waals surface area contributed by atoms with Crippen LogP contribution in [0.2, 0.25) is 0 Å². The molecule has 16 heavy (non-hydrogen) atoms. The van der Waals surface area contributed by atoms with Crippen LogP contribution in [0.1, 0.15) is 19.8 Å². The molecule has 0 aliphatic carbocycles. The molecule has 2 N–H and O–H groups in total. The van der Waals surface area contributed by atoms with Gasteiger partial charge in [-0.2, -0.15) is 0 Å². The Morgan fingerprint density at radius 1 is 1.50 bits per heavy atom. The molecule has 0 bridgehead atoms. The number of aliphatic carboxylic acids is 1. The third-order valence-corrected chi connectivity index (χ3v) is 4.39. The topological polar surface area (TPSA) is 101 Å². The average Bonchev–Trinajstić information content (AvgIpc) is 2.44. The van der Waals surface area contributed by atoms with Gasteiger partial charge in [0.2, 0.25) is 5.91 Å². The molecular formula is C9H15NO5S. The van der Waals surface area contributed by atoms with Crippen LogP contribution in [0.3, 0.4) is 0 Å². The van der Waals surface area contributed by atoms with Crippen LogP contribution in [0.15, 0.2) is 0 Å². The minimum Gasteiger partial charge on any atom is -0.480 e. The van der Waals surface area contributed by atoms with Crippen molar-refractivity contribution in [2.24, 2.45) is 5.92 Å². The highest BCUT2D eigenvalue weighted by Gasteiger charge is 2.29. The predicted molar refractivity (Wildman–Crippen MR) is 56.6 cm³/mol. The molecule has 1 aliphatic rings. The van der Waals surface area contributed by atoms with Crippen LogP contribution in [-0.4, -0.2) is 42.9 Å². The summed E-state index contributed by atoms with van der Waals surface area (Å²) in [6.07, 6.45) is 0.564. The first-order chi connectivity index (χ1) is 7.30. The van der Waals surface area contributed by atoms with Crippen molar-refractivity contribution in [2.45, 2.75) is 25.8 Å². The smallest absolute Gasteiger partial charge is 0.325 e. The van der Waals surface area contributed by atoms with Crippen molar-refractivity contribution in [1.82, 2.24) is 5.32 Å². The van der Waals surface area contributed by atoms with Crippen molar-refractivity contribution < 1.29 is 23.1 Å². The maximum absolute atomic E-state index is 11.4. The van der Waals surface area contributed by atoms with E-state index >= 15 is 0 Å². The number of sulfone groups is 1. The highest BCUT2D eigenvalue weighted by Crippen LogP contribution is 2.21. The van der Waals surface area contributed by atoms with Crippen molar-refractivity contribution >= 4 is 21.7 Å². The Morgan fingerprint density at radius 2 is 2.12 bits per heavy atom. The summed E-state index contributed by atoms with van der Waals surface area (Å²) in [6, 6.07) is -0.939. The van der Waals surface area contributed by atoms with Gasteiger partial charge in [-0.1, -0.05) is 0 Å². The molecule has 1 amide bonds. The Hall–Kier alpha value is -1.11. The minimum atomic E-state index is -2.98. The van der Waals surface area contributed by atoms with Crippen LogP contribution in [0.5, 0.6) is 0 Å². The third kappa shape index (κ3) is 3.80. The summed E-state index contributed by atoms with van der Waals surface area (Å²) in [5, 5.41) is 10.9. The SMILES string of the molecule is C[C@@H](NC(=O)CC1CCS(=O)(=O)C1)C(=O)O. The van der Waals surface area contributed by atoms with Crippen molar-refractivity contribution in [3.05, 3.63) is 0 Å². The lowest BCUT2D eigenvalue weighted by Gasteiger charge is -2.11. The molecule has 1 aliphatic heterocycles. The summed E-state index contributed by atoms with van der Waals surface area (Å²) < 4.78 is 22.3. The maximum atomic E-state index is 11.4. The van der Waals surface area contributed by atoms with Gasteiger partial charge in [0.15, 0.2) is 9.84 Å². The molecule has 2 atom stereocenters. The summed E-state index contributed by atoms with van der Waals surface area (Å²) >= 11 is 0. The second-order valence-corrected chi connectivity index (χ2v) is 6.33. The first-order valence-electron chi connectivity index (χ1n) is 5.03. The molecule has 6 nitrogen and oxygen atoms in total. The average molecular weight is 249 g/mol. The number of carboxylic acid groups (broad SMARTS) is 1. The summed E-state index contributed by atoms with van der Waals surface area (Å²) in [5.74, 6) is -1.53. The number of carbonyl (C=O) groups excluding carboxylic acids is 1. The molecule has 0 aromatic rings. The lowest BCUT2D eigenvalue weighted by atomic mass is 10.0. The summed E-state index contributed by atoms with van der Waals surface area (Å²) in [4.78, 5) is 21.8. The van der Waals surface area contributed by atoms with Gasteiger partial charge in [-0.05, 0) is 19.3 Å². The van der Waals surface area contributed by atoms with E-state index in [1.165, 1.54) is 6.92 Å². The summed E-state index contributed by atoms with van der Waals surface area (Å²) in [7, 11) is -2.98. The van der Waals surface area contributed by atoms with Gasteiger partial charge in [0, 0.05) is 6.42 Å². The van der Waals surface area contributed by atoms with E-state index in [2.05, 4.69) is 5.32 Å². The largest absolute Gasteiger partial charge is 0.480 e. The van der Waals surface area contributed by atoms with E-state index in [0.29, 0.717) is 6.42 Å². The van der Waals surface area contributed by atoms with Crippen molar-refractivity contribution in [3.63, 3.8) is 0 Å². The number of carbonyl (C=O) groups is 2. The Kier molecular flexibility index (Phi) is 3.90. The molecule has 0 spiro atoms. The van der Waals surface area contributed by atoms with Crippen molar-refractivity contribution in [2.75, 3.05) is 11.5 Å². The fourth-order valence-corrected chi connectivity index (χ4v) is 3.52. The van der Waals surface area contributed by atoms with Crippen LogP contribution in [0.25, 0.3) is 0 Å². The maximum Gasteiger partial charge on any atom is 0.325 e. The van der Waals surface area contributed by atoms with Gasteiger partial charge < -0.3 is 10.4 Å². The first kappa shape index (κ1) is 13.0. The third-order valence-electron chi connectivity index (χ3n) is 2.55. The van der Waals surface area contributed by atoms with E-state index in [0.717, 1.165) is 0 Å². The van der Waals surface area contributed by atoms with Crippen molar-refractivity contribution in [3.8, 4) is 0 Å². The zero-order valence-electron chi connectivity index (χ0n) is 8.97. The van der Waals surface area contributed by atoms with Gasteiger partial charge in [0.1, 0.15) is 6.04 Å². The van der Waals surface area contributed by atoms with Crippen LogP contribution in [0.4, 0.5) is 0 Å². The first-order valence-corrected chi connectivity index (χ1v) is 6.85. The van der Waals surface area contributed by atoms with Gasteiger partial charge in [-0.3, -0.25) is 9.59 Å². The normalized spacial score (nSPS) is 24.9. The molecule has 0 saturated carbocycles. The standard InChI is InChI=1S/C9H15NO5S/c1-6(9(12)13)10-8(11)4-7-2-3-16(14,15)5-7/h6-7H,2-5H2,1H3,(H,10,11)(H,12,13)/t6-,7?/m1/s1. The molecule has 0 aromatic heterocycles. The molecule has 1 rings (SSSR count). The molecule has 0 aromatic carbocycles. The number of amides is 1. The van der Waals surface area contributed by atoms with Gasteiger partial charge in [-0.25, -0.2) is 8.42 Å². The van der Waals surface area contributed by atoms with Gasteiger partial charge in [0.05, 0.1) is 11.5 Å². The van der Waals surface area contributed by atoms with Gasteiger partial charge in [0.25, 0.3) is 0 Å². The second kappa shape index (κ2) is 4.82. The number of carboxylic acids is 1. The molecule has 1 saturated heterocycles. The lowest BCUT2D eigenvalue weighted by Crippen LogP contribution is -2.39. The molecule has 1 heterocycles. The molecule has 7 heteroatoms. The van der Waals surface area contributed by atoms with E-state index in [1.54, 1.807) is 0 Å². The Balaban J connectivity index is 2.39. The zero-order valence-corrected chi connectivity index (χ0v) is 9.79. The number of hydrogen-bond donors (Lipinski definition) is 2. The van der Waals surface area contributed by atoms with E-state index < -0.39 is 27.8 Å². The van der Waals surface area contributed by atoms with E-state index in [-0.39, 0.29) is 23.8 Å². The number of nitrogens with one attached hydrogen (secondary N) is 1. The Bertz CT molecular complexity index is 389. The second-order valence-electron chi connectivity index (χ2n) is 4.10. The highest BCUT2D eigenvalue weighted by molar-refractivity contribution is 7.91. The van der Waals surface area contributed by atoms with Crippen LogP contribution < -0.4 is 5.32 Å². The van der Waals surface area contributed by atoms with E-state index in [1.807, 2.05) is 0 Å². The van der Waals surface area contributed by atoms with Gasteiger partial charge in [-0.15, -0.1) is 0 Å². The lowest BCUT2D eigenvalue weighted by molar-refractivity contribution is -0.141. The molecule has 1 unspecified atom stereocenters. The Morgan fingerprint density at radius 3 is 2.56 bits per heavy atom. The summed E-state index contributed by atoms with van der Waals surface area (Å²) in [6.45, 7) is 1.37. The fourth-order valence-electron chi connectivity index (χ4n) is 1.66. The minimum absolute atomic E-state index is 0.0296. The zero-order chi connectivity index (χ0) is 12.3. The molecular weight excluding hydrogens is 234 g/mol. The van der Waals surface area contributed by atoms with Crippen molar-refractivity contribution in [1.29, 1.82) is 0 Å². The number of rotatable bonds is 4. The molecule has 92 valence electrons. The van der Waals surface area contributed by atoms with E-state index in [9.17, 15) is 18.0 Å². The summed E-state index contributed by atoms with van der Waals surface area (Å²) in [5.41, 5.74) is 0. The molecule has 1 fully saturated rings. The van der Waals surface area contributed by atoms with E-state index in [4.69, 9.17) is 5.11 Å².